The topological polar surface area (TPSA) is 59.1 Å². The predicted octanol–water partition coefficient (Wildman–Crippen LogP) is 3.44. The van der Waals surface area contributed by atoms with Gasteiger partial charge in [-0.3, -0.25) is 0 Å². The van der Waals surface area contributed by atoms with Gasteiger partial charge in [0.1, 0.15) is 18.2 Å². The predicted molar refractivity (Wildman–Crippen MR) is 86.6 cm³/mol. The van der Waals surface area contributed by atoms with Gasteiger partial charge in [0.15, 0.2) is 5.82 Å². The fraction of sp³-hybridized carbons (Fsp3) is 0.750. The van der Waals surface area contributed by atoms with Crippen molar-refractivity contribution in [3.8, 4) is 0 Å². The summed E-state index contributed by atoms with van der Waals surface area (Å²) in [6, 6.07) is 2.44. The van der Waals surface area contributed by atoms with Crippen LogP contribution in [0.5, 0.6) is 0 Å². The van der Waals surface area contributed by atoms with E-state index in [-0.39, 0.29) is 0 Å². The zero-order valence-corrected chi connectivity index (χ0v) is 13.7. The minimum absolute atomic E-state index is 0.309. The van der Waals surface area contributed by atoms with Gasteiger partial charge in [-0.15, -0.1) is 0 Å². The molecule has 0 aromatic carbocycles. The van der Waals surface area contributed by atoms with Crippen molar-refractivity contribution >= 4 is 11.6 Å². The number of aromatic nitrogens is 2. The molecule has 118 valence electrons. The van der Waals surface area contributed by atoms with Crippen LogP contribution in [0.4, 0.5) is 11.6 Å². The highest BCUT2D eigenvalue weighted by atomic mass is 16.5. The van der Waals surface area contributed by atoms with Gasteiger partial charge in [0.05, 0.1) is 0 Å². The summed E-state index contributed by atoms with van der Waals surface area (Å²) in [5.74, 6) is 2.44. The number of rotatable bonds is 6. The van der Waals surface area contributed by atoms with E-state index < -0.39 is 0 Å². The Morgan fingerprint density at radius 1 is 1.29 bits per heavy atom. The molecule has 0 aliphatic heterocycles. The summed E-state index contributed by atoms with van der Waals surface area (Å²) in [7, 11) is 1.88. The van der Waals surface area contributed by atoms with Crippen LogP contribution in [0.25, 0.3) is 0 Å². The van der Waals surface area contributed by atoms with Crippen LogP contribution < -0.4 is 10.6 Å². The molecule has 1 unspecified atom stereocenters. The second kappa shape index (κ2) is 7.07. The van der Waals surface area contributed by atoms with E-state index in [0.717, 1.165) is 17.5 Å². The summed E-state index contributed by atoms with van der Waals surface area (Å²) in [4.78, 5) is 9.02. The fourth-order valence-electron chi connectivity index (χ4n) is 2.90. The Morgan fingerprint density at radius 3 is 2.71 bits per heavy atom. The van der Waals surface area contributed by atoms with Crippen molar-refractivity contribution in [1.29, 1.82) is 0 Å². The Hall–Kier alpha value is -1.36. The van der Waals surface area contributed by atoms with E-state index >= 15 is 0 Å². The summed E-state index contributed by atoms with van der Waals surface area (Å²) in [5.41, 5.74) is 0.309. The first-order chi connectivity index (χ1) is 10.0. The van der Waals surface area contributed by atoms with Gasteiger partial charge in [0, 0.05) is 25.8 Å². The molecule has 0 amide bonds. The third-order valence-electron chi connectivity index (χ3n) is 4.29. The van der Waals surface area contributed by atoms with Gasteiger partial charge >= 0.3 is 0 Å². The summed E-state index contributed by atoms with van der Waals surface area (Å²) < 4.78 is 5.42. The minimum atomic E-state index is 0.309. The van der Waals surface area contributed by atoms with E-state index in [2.05, 4.69) is 34.4 Å². The van der Waals surface area contributed by atoms with E-state index in [0.29, 0.717) is 24.7 Å². The molecule has 5 heteroatoms. The largest absolute Gasteiger partial charge is 0.374 e. The van der Waals surface area contributed by atoms with Crippen molar-refractivity contribution in [1.82, 2.24) is 9.97 Å². The molecule has 1 aliphatic rings. The van der Waals surface area contributed by atoms with Crippen molar-refractivity contribution in [3.63, 3.8) is 0 Å². The number of ether oxygens (including phenoxy) is 1. The smallest absolute Gasteiger partial charge is 0.158 e. The number of nitrogens with one attached hydrogen (secondary N) is 2. The molecule has 1 heterocycles. The van der Waals surface area contributed by atoms with Crippen LogP contribution in [0.2, 0.25) is 0 Å². The fourth-order valence-corrected chi connectivity index (χ4v) is 2.90. The molecule has 1 saturated carbocycles. The van der Waals surface area contributed by atoms with Gasteiger partial charge in [-0.05, 0) is 25.2 Å². The first-order valence-corrected chi connectivity index (χ1v) is 7.95. The first kappa shape index (κ1) is 16.0. The van der Waals surface area contributed by atoms with Crippen molar-refractivity contribution < 1.29 is 4.74 Å². The molecule has 2 rings (SSSR count). The van der Waals surface area contributed by atoms with Gasteiger partial charge in [0.25, 0.3) is 0 Å². The zero-order valence-electron chi connectivity index (χ0n) is 13.7. The maximum absolute atomic E-state index is 5.42. The van der Waals surface area contributed by atoms with E-state index in [1.807, 2.05) is 20.0 Å². The average Bonchev–Trinajstić information content (AvgIpc) is 2.47. The summed E-state index contributed by atoms with van der Waals surface area (Å²) >= 11 is 0. The normalized spacial score (nSPS) is 21.0. The quantitative estimate of drug-likeness (QED) is 0.841. The van der Waals surface area contributed by atoms with Gasteiger partial charge in [0.2, 0.25) is 0 Å². The molecule has 5 nitrogen and oxygen atoms in total. The summed E-state index contributed by atoms with van der Waals surface area (Å²) in [6.07, 6.45) is 5.08. The van der Waals surface area contributed by atoms with Gasteiger partial charge < -0.3 is 15.4 Å². The Morgan fingerprint density at radius 2 is 2.05 bits per heavy atom. The second-order valence-electron chi connectivity index (χ2n) is 6.37. The van der Waals surface area contributed by atoms with E-state index in [4.69, 9.17) is 4.74 Å². The highest BCUT2D eigenvalue weighted by molar-refractivity contribution is 5.48. The Balaban J connectivity index is 2.14. The molecule has 1 aliphatic carbocycles. The lowest BCUT2D eigenvalue weighted by molar-refractivity contribution is 0.128. The summed E-state index contributed by atoms with van der Waals surface area (Å²) in [6.45, 7) is 7.78. The van der Waals surface area contributed by atoms with Crippen LogP contribution in [0.1, 0.15) is 52.3 Å². The zero-order chi connectivity index (χ0) is 15.3. The third-order valence-corrected chi connectivity index (χ3v) is 4.29. The highest BCUT2D eigenvalue weighted by Crippen LogP contribution is 2.37. The van der Waals surface area contributed by atoms with Crippen LogP contribution in [0.15, 0.2) is 6.07 Å². The standard InChI is InChI=1S/C16H28N4O/c1-5-21-11-15-19-13(17-4)10-14(20-15)18-12-8-6-7-9-16(12,2)3/h10,12H,5-9,11H2,1-4H3,(H2,17,18,19,20). The van der Waals surface area contributed by atoms with Crippen molar-refractivity contribution in [2.45, 2.75) is 59.1 Å². The Bertz CT molecular complexity index is 462. The Labute approximate surface area is 127 Å². The molecule has 0 radical (unpaired) electrons. The molecule has 21 heavy (non-hydrogen) atoms. The third kappa shape index (κ3) is 4.30. The molecule has 0 spiro atoms. The van der Waals surface area contributed by atoms with Crippen LogP contribution in [-0.2, 0) is 11.3 Å². The lowest BCUT2D eigenvalue weighted by Crippen LogP contribution is -2.39. The van der Waals surface area contributed by atoms with Gasteiger partial charge in [-0.1, -0.05) is 26.7 Å². The average molecular weight is 292 g/mol. The Kier molecular flexibility index (Phi) is 5.39. The van der Waals surface area contributed by atoms with Crippen molar-refractivity contribution in [2.24, 2.45) is 5.41 Å². The lowest BCUT2D eigenvalue weighted by Gasteiger charge is -2.39. The molecule has 1 aromatic rings. The van der Waals surface area contributed by atoms with Crippen LogP contribution in [0, 0.1) is 5.41 Å². The SMILES string of the molecule is CCOCc1nc(NC)cc(NC2CCCCC2(C)C)n1. The molecule has 0 bridgehead atoms. The molecule has 1 fully saturated rings. The van der Waals surface area contributed by atoms with Crippen molar-refractivity contribution in [2.75, 3.05) is 24.3 Å². The summed E-state index contributed by atoms with van der Waals surface area (Å²) in [5, 5.41) is 6.71. The maximum atomic E-state index is 5.42. The number of nitrogens with zero attached hydrogens (tertiary/aromatic N) is 2. The molecule has 0 saturated heterocycles. The van der Waals surface area contributed by atoms with E-state index in [9.17, 15) is 0 Å². The van der Waals surface area contributed by atoms with Gasteiger partial charge in [-0.2, -0.15) is 0 Å². The van der Waals surface area contributed by atoms with E-state index in [1.54, 1.807) is 0 Å². The second-order valence-corrected chi connectivity index (χ2v) is 6.37. The molecular formula is C16H28N4O. The maximum Gasteiger partial charge on any atom is 0.158 e. The van der Waals surface area contributed by atoms with E-state index in [1.165, 1.54) is 25.7 Å². The van der Waals surface area contributed by atoms with Crippen LogP contribution in [0.3, 0.4) is 0 Å². The first-order valence-electron chi connectivity index (χ1n) is 7.95. The van der Waals surface area contributed by atoms with Crippen LogP contribution in [-0.4, -0.2) is 29.7 Å². The molecule has 2 N–H and O–H groups in total. The molecule has 1 aromatic heterocycles. The number of hydrogen-bond donors (Lipinski definition) is 2. The number of anilines is 2. The molecular weight excluding hydrogens is 264 g/mol. The monoisotopic (exact) mass is 292 g/mol. The minimum Gasteiger partial charge on any atom is -0.374 e. The number of hydrogen-bond acceptors (Lipinski definition) is 5. The van der Waals surface area contributed by atoms with Crippen molar-refractivity contribution in [3.05, 3.63) is 11.9 Å². The van der Waals surface area contributed by atoms with Crippen LogP contribution >= 0.6 is 0 Å². The molecule has 1 atom stereocenters. The lowest BCUT2D eigenvalue weighted by atomic mass is 9.73. The van der Waals surface area contributed by atoms with Gasteiger partial charge in [-0.25, -0.2) is 9.97 Å². The highest BCUT2D eigenvalue weighted by Gasteiger charge is 2.32.